The lowest BCUT2D eigenvalue weighted by Crippen LogP contribution is -2.48. The van der Waals surface area contributed by atoms with E-state index in [1.54, 1.807) is 23.0 Å². The summed E-state index contributed by atoms with van der Waals surface area (Å²) in [5.74, 6) is 0.229. The van der Waals surface area contributed by atoms with Crippen LogP contribution in [0, 0.1) is 6.92 Å². The summed E-state index contributed by atoms with van der Waals surface area (Å²) in [6.07, 6.45) is 1.70. The number of benzene rings is 2. The van der Waals surface area contributed by atoms with Gasteiger partial charge in [0.2, 0.25) is 11.8 Å². The van der Waals surface area contributed by atoms with Gasteiger partial charge in [0, 0.05) is 43.5 Å². The largest absolute Gasteiger partial charge is 0.369 e. The first kappa shape index (κ1) is 21.6. The Morgan fingerprint density at radius 1 is 1.03 bits per heavy atom. The van der Waals surface area contributed by atoms with Gasteiger partial charge in [-0.05, 0) is 36.8 Å². The number of carbonyl (C=O) groups is 2. The number of piperazine rings is 1. The molecule has 8 heteroatoms. The van der Waals surface area contributed by atoms with Crippen molar-refractivity contribution >= 4 is 23.3 Å². The van der Waals surface area contributed by atoms with Crippen LogP contribution in [0.15, 0.2) is 60.8 Å². The second kappa shape index (κ2) is 9.65. The number of nitrogens with one attached hydrogen (secondary N) is 1. The molecule has 4 rings (SSSR count). The number of hydrogen-bond donors (Lipinski definition) is 2. The molecule has 1 aliphatic heterocycles. The predicted molar refractivity (Wildman–Crippen MR) is 125 cm³/mol. The topological polar surface area (TPSA) is 96.5 Å². The summed E-state index contributed by atoms with van der Waals surface area (Å²) in [5.41, 5.74) is 9.21. The lowest BCUT2D eigenvalue weighted by Gasteiger charge is -2.35. The molecule has 0 aliphatic carbocycles. The predicted octanol–water partition coefficient (Wildman–Crippen LogP) is 2.10. The second-order valence-corrected chi connectivity index (χ2v) is 8.09. The molecular formula is C24H28N6O2. The average Bonchev–Trinajstić information content (AvgIpc) is 3.20. The summed E-state index contributed by atoms with van der Waals surface area (Å²) in [4.78, 5) is 28.3. The van der Waals surface area contributed by atoms with Gasteiger partial charge in [-0.2, -0.15) is 5.10 Å². The van der Waals surface area contributed by atoms with E-state index in [0.717, 1.165) is 37.4 Å². The van der Waals surface area contributed by atoms with Gasteiger partial charge in [-0.15, -0.1) is 0 Å². The van der Waals surface area contributed by atoms with E-state index in [1.807, 2.05) is 24.3 Å². The third kappa shape index (κ3) is 5.33. The van der Waals surface area contributed by atoms with Crippen molar-refractivity contribution in [1.82, 2.24) is 14.7 Å². The van der Waals surface area contributed by atoms with Crippen LogP contribution in [0.25, 0.3) is 0 Å². The molecule has 3 N–H and O–H groups in total. The van der Waals surface area contributed by atoms with Crippen molar-refractivity contribution in [3.8, 4) is 0 Å². The second-order valence-electron chi connectivity index (χ2n) is 8.09. The van der Waals surface area contributed by atoms with Crippen LogP contribution in [0.1, 0.15) is 21.5 Å². The summed E-state index contributed by atoms with van der Waals surface area (Å²) in [7, 11) is 0. The summed E-state index contributed by atoms with van der Waals surface area (Å²) in [5, 5.41) is 7.35. The first-order valence-corrected chi connectivity index (χ1v) is 10.7. The summed E-state index contributed by atoms with van der Waals surface area (Å²) < 4.78 is 1.81. The smallest absolute Gasteiger partial charge is 0.248 e. The number of amides is 2. The number of hydrogen-bond acceptors (Lipinski definition) is 5. The Labute approximate surface area is 187 Å². The molecule has 1 aromatic heterocycles. The molecule has 32 heavy (non-hydrogen) atoms. The van der Waals surface area contributed by atoms with Crippen molar-refractivity contribution in [1.29, 1.82) is 0 Å². The molecule has 0 spiro atoms. The van der Waals surface area contributed by atoms with E-state index in [-0.39, 0.29) is 5.91 Å². The highest BCUT2D eigenvalue weighted by Gasteiger charge is 2.20. The van der Waals surface area contributed by atoms with E-state index in [2.05, 4.69) is 45.3 Å². The molecule has 0 radical (unpaired) electrons. The number of anilines is 2. The molecule has 0 saturated carbocycles. The minimum absolute atomic E-state index is 0.0461. The zero-order chi connectivity index (χ0) is 22.5. The molecule has 166 valence electrons. The van der Waals surface area contributed by atoms with Gasteiger partial charge in [-0.25, -0.2) is 4.68 Å². The third-order valence-electron chi connectivity index (χ3n) is 5.66. The Bertz CT molecular complexity index is 1080. The van der Waals surface area contributed by atoms with Gasteiger partial charge in [0.05, 0.1) is 19.3 Å². The Hall–Kier alpha value is -3.65. The highest BCUT2D eigenvalue weighted by molar-refractivity contribution is 5.93. The zero-order valence-corrected chi connectivity index (χ0v) is 18.2. The zero-order valence-electron chi connectivity index (χ0n) is 18.2. The minimum atomic E-state index is -0.424. The third-order valence-corrected chi connectivity index (χ3v) is 5.66. The van der Waals surface area contributed by atoms with Gasteiger partial charge in [0.15, 0.2) is 0 Å². The highest BCUT2D eigenvalue weighted by Crippen LogP contribution is 2.17. The van der Waals surface area contributed by atoms with Crippen LogP contribution in [-0.2, 0) is 11.3 Å². The minimum Gasteiger partial charge on any atom is -0.369 e. The van der Waals surface area contributed by atoms with Crippen molar-refractivity contribution in [2.75, 3.05) is 42.9 Å². The maximum Gasteiger partial charge on any atom is 0.248 e. The first-order chi connectivity index (χ1) is 15.5. The van der Waals surface area contributed by atoms with Crippen LogP contribution < -0.4 is 16.0 Å². The normalized spacial score (nSPS) is 14.3. The number of nitrogens with two attached hydrogens (primary N) is 1. The number of carbonyl (C=O) groups excluding carboxylic acids is 2. The highest BCUT2D eigenvalue weighted by atomic mass is 16.2. The molecule has 1 saturated heterocycles. The monoisotopic (exact) mass is 432 g/mol. The van der Waals surface area contributed by atoms with Crippen LogP contribution in [0.3, 0.4) is 0 Å². The van der Waals surface area contributed by atoms with Gasteiger partial charge in [-0.1, -0.05) is 29.8 Å². The molecular weight excluding hydrogens is 404 g/mol. The van der Waals surface area contributed by atoms with E-state index in [0.29, 0.717) is 24.5 Å². The quantitative estimate of drug-likeness (QED) is 0.596. The fraction of sp³-hybridized carbons (Fsp3) is 0.292. The molecule has 0 atom stereocenters. The van der Waals surface area contributed by atoms with Gasteiger partial charge in [0.1, 0.15) is 5.82 Å². The van der Waals surface area contributed by atoms with Crippen molar-refractivity contribution in [3.05, 3.63) is 77.5 Å². The van der Waals surface area contributed by atoms with Crippen molar-refractivity contribution in [3.63, 3.8) is 0 Å². The summed E-state index contributed by atoms with van der Waals surface area (Å²) in [6.45, 7) is 6.21. The van der Waals surface area contributed by atoms with E-state index in [9.17, 15) is 9.59 Å². The number of primary amides is 1. The van der Waals surface area contributed by atoms with Crippen LogP contribution in [0.4, 0.5) is 11.5 Å². The molecule has 1 aliphatic rings. The maximum absolute atomic E-state index is 12.6. The van der Waals surface area contributed by atoms with Crippen LogP contribution in [-0.4, -0.2) is 59.2 Å². The van der Waals surface area contributed by atoms with Gasteiger partial charge in [-0.3, -0.25) is 14.5 Å². The summed E-state index contributed by atoms with van der Waals surface area (Å²) >= 11 is 0. The van der Waals surface area contributed by atoms with Crippen LogP contribution in [0.2, 0.25) is 0 Å². The number of nitrogens with zero attached hydrogens (tertiary/aromatic N) is 4. The molecule has 0 unspecified atom stereocenters. The average molecular weight is 433 g/mol. The molecule has 3 aromatic rings. The molecule has 2 heterocycles. The Morgan fingerprint density at radius 3 is 2.47 bits per heavy atom. The van der Waals surface area contributed by atoms with E-state index >= 15 is 0 Å². The Balaban J connectivity index is 1.28. The Kier molecular flexibility index (Phi) is 6.51. The maximum atomic E-state index is 12.6. The first-order valence-electron chi connectivity index (χ1n) is 10.7. The molecule has 2 aromatic carbocycles. The van der Waals surface area contributed by atoms with Crippen molar-refractivity contribution in [2.24, 2.45) is 5.73 Å². The number of rotatable bonds is 7. The van der Waals surface area contributed by atoms with E-state index < -0.39 is 5.91 Å². The standard InChI is InChI=1S/C24H28N6O2/c1-18-3-2-4-19(15-18)16-30-22(9-10-26-30)27-23(31)17-28-11-13-29(14-12-28)21-7-5-20(6-8-21)24(25)32/h2-10,15H,11-14,16-17H2,1H3,(H2,25,32)(H,27,31). The summed E-state index contributed by atoms with van der Waals surface area (Å²) in [6, 6.07) is 17.4. The molecule has 2 amide bonds. The lowest BCUT2D eigenvalue weighted by molar-refractivity contribution is -0.117. The molecule has 8 nitrogen and oxygen atoms in total. The van der Waals surface area contributed by atoms with E-state index in [1.165, 1.54) is 5.56 Å². The van der Waals surface area contributed by atoms with Crippen LogP contribution >= 0.6 is 0 Å². The van der Waals surface area contributed by atoms with E-state index in [4.69, 9.17) is 5.73 Å². The molecule has 1 fully saturated rings. The number of aryl methyl sites for hydroxylation is 1. The van der Waals surface area contributed by atoms with Crippen molar-refractivity contribution < 1.29 is 9.59 Å². The fourth-order valence-corrected chi connectivity index (χ4v) is 3.93. The van der Waals surface area contributed by atoms with Gasteiger partial charge < -0.3 is 16.0 Å². The van der Waals surface area contributed by atoms with Crippen molar-refractivity contribution in [2.45, 2.75) is 13.5 Å². The van der Waals surface area contributed by atoms with Gasteiger partial charge >= 0.3 is 0 Å². The number of aromatic nitrogens is 2. The van der Waals surface area contributed by atoms with Crippen LogP contribution in [0.5, 0.6) is 0 Å². The SMILES string of the molecule is Cc1cccc(Cn2nccc2NC(=O)CN2CCN(c3ccc(C(N)=O)cc3)CC2)c1. The lowest BCUT2D eigenvalue weighted by atomic mass is 10.1. The molecule has 0 bridgehead atoms. The fourth-order valence-electron chi connectivity index (χ4n) is 3.93. The van der Waals surface area contributed by atoms with Gasteiger partial charge in [0.25, 0.3) is 0 Å². The Morgan fingerprint density at radius 2 is 1.78 bits per heavy atom.